The van der Waals surface area contributed by atoms with Gasteiger partial charge < -0.3 is 19.9 Å². The van der Waals surface area contributed by atoms with E-state index in [1.165, 1.54) is 11.8 Å². The third-order valence-electron chi connectivity index (χ3n) is 5.44. The van der Waals surface area contributed by atoms with Crippen molar-refractivity contribution in [3.8, 4) is 5.75 Å². The molecule has 1 amide bonds. The number of hydrogen-bond acceptors (Lipinski definition) is 7. The van der Waals surface area contributed by atoms with Crippen LogP contribution in [0.3, 0.4) is 0 Å². The van der Waals surface area contributed by atoms with Crippen LogP contribution in [0.5, 0.6) is 5.75 Å². The van der Waals surface area contributed by atoms with Crippen LogP contribution in [0.4, 0.5) is 11.5 Å². The maximum atomic E-state index is 12.2. The summed E-state index contributed by atoms with van der Waals surface area (Å²) in [4.78, 5) is 16.7. The number of nitrogens with one attached hydrogen (secondary N) is 1. The van der Waals surface area contributed by atoms with Gasteiger partial charge in [-0.3, -0.25) is 4.79 Å². The van der Waals surface area contributed by atoms with E-state index >= 15 is 0 Å². The van der Waals surface area contributed by atoms with Crippen molar-refractivity contribution in [3.63, 3.8) is 0 Å². The molecule has 33 heavy (non-hydrogen) atoms. The number of anilines is 2. The predicted molar refractivity (Wildman–Crippen MR) is 133 cm³/mol. The second kappa shape index (κ2) is 11.2. The van der Waals surface area contributed by atoms with Gasteiger partial charge in [0.1, 0.15) is 10.8 Å². The molecule has 9 heteroatoms. The van der Waals surface area contributed by atoms with E-state index in [-0.39, 0.29) is 11.7 Å². The summed E-state index contributed by atoms with van der Waals surface area (Å²) in [6.45, 7) is 3.87. The fourth-order valence-electron chi connectivity index (χ4n) is 3.65. The lowest BCUT2D eigenvalue weighted by atomic mass is 10.2. The Bertz CT molecular complexity index is 1070. The fourth-order valence-corrected chi connectivity index (χ4v) is 4.50. The van der Waals surface area contributed by atoms with Crippen LogP contribution in [0.1, 0.15) is 5.56 Å². The van der Waals surface area contributed by atoms with Crippen molar-refractivity contribution < 1.29 is 9.53 Å². The molecule has 2 aromatic carbocycles. The summed E-state index contributed by atoms with van der Waals surface area (Å²) in [6.07, 6.45) is 0. The minimum Gasteiger partial charge on any atom is -0.495 e. The topological polar surface area (TPSA) is 70.6 Å². The molecule has 1 saturated heterocycles. The van der Waals surface area contributed by atoms with Crippen molar-refractivity contribution in [2.75, 3.05) is 48.8 Å². The summed E-state index contributed by atoms with van der Waals surface area (Å²) in [5, 5.41) is 12.9. The Morgan fingerprint density at radius 2 is 1.73 bits per heavy atom. The first-order chi connectivity index (χ1) is 16.1. The van der Waals surface area contributed by atoms with Gasteiger partial charge in [0.15, 0.2) is 5.82 Å². The van der Waals surface area contributed by atoms with E-state index in [1.54, 1.807) is 7.11 Å². The number of thioether (sulfide) groups is 1. The number of rotatable bonds is 8. The maximum absolute atomic E-state index is 12.2. The van der Waals surface area contributed by atoms with Crippen LogP contribution in [-0.4, -0.2) is 55.1 Å². The van der Waals surface area contributed by atoms with E-state index in [4.69, 9.17) is 16.3 Å². The molecule has 3 aromatic rings. The summed E-state index contributed by atoms with van der Waals surface area (Å²) in [7, 11) is 1.70. The van der Waals surface area contributed by atoms with E-state index in [9.17, 15) is 4.79 Å². The van der Waals surface area contributed by atoms with Crippen LogP contribution in [0.2, 0.25) is 5.02 Å². The van der Waals surface area contributed by atoms with Gasteiger partial charge in [-0.2, -0.15) is 0 Å². The van der Waals surface area contributed by atoms with Crippen molar-refractivity contribution in [2.45, 2.75) is 11.6 Å². The van der Waals surface area contributed by atoms with Gasteiger partial charge in [0, 0.05) is 37.7 Å². The minimum absolute atomic E-state index is 0.0711. The van der Waals surface area contributed by atoms with Crippen molar-refractivity contribution in [1.29, 1.82) is 0 Å². The van der Waals surface area contributed by atoms with E-state index in [2.05, 4.69) is 31.4 Å². The molecule has 1 aliphatic rings. The zero-order chi connectivity index (χ0) is 23.0. The molecule has 0 unspecified atom stereocenters. The predicted octanol–water partition coefficient (Wildman–Crippen LogP) is 3.87. The molecule has 0 radical (unpaired) electrons. The number of amides is 1. The zero-order valence-corrected chi connectivity index (χ0v) is 20.0. The van der Waals surface area contributed by atoms with Crippen molar-refractivity contribution >= 4 is 40.8 Å². The first-order valence-electron chi connectivity index (χ1n) is 10.7. The number of methoxy groups -OCH3 is 1. The molecule has 2 heterocycles. The largest absolute Gasteiger partial charge is 0.495 e. The number of carbonyl (C=O) groups is 1. The molecular weight excluding hydrogens is 458 g/mol. The number of benzene rings is 2. The first kappa shape index (κ1) is 23.2. The summed E-state index contributed by atoms with van der Waals surface area (Å²) in [5.41, 5.74) is 2.01. The van der Waals surface area contributed by atoms with Gasteiger partial charge in [0.2, 0.25) is 5.91 Å². The van der Waals surface area contributed by atoms with Crippen molar-refractivity contribution in [2.24, 2.45) is 0 Å². The molecule has 0 atom stereocenters. The Morgan fingerprint density at radius 1 is 1.00 bits per heavy atom. The van der Waals surface area contributed by atoms with E-state index in [0.717, 1.165) is 54.0 Å². The number of piperazine rings is 1. The second-order valence-electron chi connectivity index (χ2n) is 7.53. The van der Waals surface area contributed by atoms with Crippen LogP contribution in [0.15, 0.2) is 65.7 Å². The lowest BCUT2D eigenvalue weighted by Crippen LogP contribution is -2.47. The van der Waals surface area contributed by atoms with E-state index in [1.807, 2.05) is 54.6 Å². The molecule has 172 valence electrons. The van der Waals surface area contributed by atoms with E-state index < -0.39 is 0 Å². The molecule has 0 aliphatic carbocycles. The number of ether oxygens (including phenoxy) is 1. The average Bonchev–Trinajstić information content (AvgIpc) is 2.87. The molecule has 0 spiro atoms. The SMILES string of the molecule is COc1ccccc1N1CCN(c2ccc(SCC(=O)NCc3ccccc3Cl)nn2)CC1. The number of nitrogens with zero attached hydrogens (tertiary/aromatic N) is 4. The summed E-state index contributed by atoms with van der Waals surface area (Å²) < 4.78 is 5.49. The maximum Gasteiger partial charge on any atom is 0.230 e. The molecule has 1 aliphatic heterocycles. The third kappa shape index (κ3) is 6.09. The standard InChI is InChI=1S/C24H26ClN5O2S/c1-32-21-9-5-4-8-20(21)29-12-14-30(15-13-29)22-10-11-24(28-27-22)33-17-23(31)26-16-18-6-2-3-7-19(18)25/h2-11H,12-17H2,1H3,(H,26,31). The van der Waals surface area contributed by atoms with Crippen LogP contribution in [-0.2, 0) is 11.3 Å². The summed E-state index contributed by atoms with van der Waals surface area (Å²) in [6, 6.07) is 19.5. The van der Waals surface area contributed by atoms with Crippen LogP contribution in [0.25, 0.3) is 0 Å². The minimum atomic E-state index is -0.0711. The zero-order valence-electron chi connectivity index (χ0n) is 18.4. The van der Waals surface area contributed by atoms with Gasteiger partial charge in [-0.15, -0.1) is 10.2 Å². The Morgan fingerprint density at radius 3 is 2.45 bits per heavy atom. The Hall–Kier alpha value is -2.97. The molecular formula is C24H26ClN5O2S. The van der Waals surface area contributed by atoms with Gasteiger partial charge in [-0.1, -0.05) is 53.7 Å². The van der Waals surface area contributed by atoms with Crippen molar-refractivity contribution in [3.05, 3.63) is 71.2 Å². The van der Waals surface area contributed by atoms with E-state index in [0.29, 0.717) is 11.6 Å². The van der Waals surface area contributed by atoms with Gasteiger partial charge in [-0.05, 0) is 35.9 Å². The van der Waals surface area contributed by atoms with Gasteiger partial charge in [0.25, 0.3) is 0 Å². The van der Waals surface area contributed by atoms with Gasteiger partial charge in [0.05, 0.1) is 18.6 Å². The van der Waals surface area contributed by atoms with Crippen LogP contribution in [0, 0.1) is 0 Å². The molecule has 0 bridgehead atoms. The summed E-state index contributed by atoms with van der Waals surface area (Å²) in [5.74, 6) is 1.94. The normalized spacial score (nSPS) is 13.6. The van der Waals surface area contributed by atoms with Crippen LogP contribution >= 0.6 is 23.4 Å². The van der Waals surface area contributed by atoms with Crippen LogP contribution < -0.4 is 19.9 Å². The fraction of sp³-hybridized carbons (Fsp3) is 0.292. The first-order valence-corrected chi connectivity index (χ1v) is 12.1. The Labute approximate surface area is 203 Å². The number of para-hydroxylation sites is 2. The lowest BCUT2D eigenvalue weighted by molar-refractivity contribution is -0.118. The Balaban J connectivity index is 1.24. The molecule has 1 aromatic heterocycles. The molecule has 4 rings (SSSR count). The number of halogens is 1. The van der Waals surface area contributed by atoms with Gasteiger partial charge in [-0.25, -0.2) is 0 Å². The number of aromatic nitrogens is 2. The quantitative estimate of drug-likeness (QED) is 0.487. The third-order valence-corrected chi connectivity index (χ3v) is 6.73. The highest BCUT2D eigenvalue weighted by molar-refractivity contribution is 7.99. The summed E-state index contributed by atoms with van der Waals surface area (Å²) >= 11 is 7.49. The van der Waals surface area contributed by atoms with Gasteiger partial charge >= 0.3 is 0 Å². The molecule has 0 saturated carbocycles. The highest BCUT2D eigenvalue weighted by Crippen LogP contribution is 2.29. The number of hydrogen-bond donors (Lipinski definition) is 1. The highest BCUT2D eigenvalue weighted by Gasteiger charge is 2.20. The molecule has 1 N–H and O–H groups in total. The monoisotopic (exact) mass is 483 g/mol. The molecule has 1 fully saturated rings. The number of carbonyl (C=O) groups excluding carboxylic acids is 1. The molecule has 7 nitrogen and oxygen atoms in total. The average molecular weight is 484 g/mol. The smallest absolute Gasteiger partial charge is 0.230 e. The van der Waals surface area contributed by atoms with Crippen molar-refractivity contribution in [1.82, 2.24) is 15.5 Å². The highest BCUT2D eigenvalue weighted by atomic mass is 35.5. The lowest BCUT2D eigenvalue weighted by Gasteiger charge is -2.37. The second-order valence-corrected chi connectivity index (χ2v) is 8.94. The Kier molecular flexibility index (Phi) is 7.91.